The molecular weight excluding hydrogens is 361 g/mol. The molecule has 0 spiro atoms. The Morgan fingerprint density at radius 3 is 2.50 bits per heavy atom. The van der Waals surface area contributed by atoms with Crippen LogP contribution in [-0.2, 0) is 5.33 Å². The molecule has 2 aromatic carbocycles. The zero-order valence-electron chi connectivity index (χ0n) is 9.83. The van der Waals surface area contributed by atoms with Gasteiger partial charge in [0.2, 0.25) is 0 Å². The van der Waals surface area contributed by atoms with E-state index in [9.17, 15) is 4.39 Å². The van der Waals surface area contributed by atoms with Gasteiger partial charge in [0.15, 0.2) is 0 Å². The molecule has 0 atom stereocenters. The Bertz CT molecular complexity index is 557. The third-order valence-corrected chi connectivity index (χ3v) is 3.86. The van der Waals surface area contributed by atoms with Crippen molar-refractivity contribution >= 4 is 43.2 Å². The molecular formula is C14H12Br2FN. The lowest BCUT2D eigenvalue weighted by atomic mass is 10.1. The van der Waals surface area contributed by atoms with E-state index >= 15 is 0 Å². The molecule has 2 aromatic rings. The van der Waals surface area contributed by atoms with Crippen LogP contribution in [0.4, 0.5) is 15.8 Å². The first-order valence-corrected chi connectivity index (χ1v) is 7.37. The van der Waals surface area contributed by atoms with Gasteiger partial charge in [-0.1, -0.05) is 44.0 Å². The molecule has 1 nitrogen and oxygen atoms in total. The molecule has 4 heteroatoms. The van der Waals surface area contributed by atoms with Crippen molar-refractivity contribution in [2.45, 2.75) is 5.33 Å². The molecule has 0 radical (unpaired) electrons. The lowest BCUT2D eigenvalue weighted by Crippen LogP contribution is -2.12. The number of benzene rings is 2. The van der Waals surface area contributed by atoms with Gasteiger partial charge in [0.05, 0.1) is 5.69 Å². The predicted molar refractivity (Wildman–Crippen MR) is 81.2 cm³/mol. The maximum Gasteiger partial charge on any atom is 0.146 e. The normalized spacial score (nSPS) is 10.4. The first kappa shape index (κ1) is 13.6. The number of hydrogen-bond donors (Lipinski definition) is 0. The van der Waals surface area contributed by atoms with Crippen LogP contribution in [0.25, 0.3) is 0 Å². The number of para-hydroxylation sites is 1. The van der Waals surface area contributed by atoms with Gasteiger partial charge < -0.3 is 4.90 Å². The summed E-state index contributed by atoms with van der Waals surface area (Å²) in [5, 5.41) is 0.723. The Balaban J connectivity index is 2.46. The van der Waals surface area contributed by atoms with Gasteiger partial charge in [-0.2, -0.15) is 0 Å². The maximum absolute atomic E-state index is 13.8. The van der Waals surface area contributed by atoms with E-state index in [1.165, 1.54) is 6.07 Å². The second-order valence-electron chi connectivity index (χ2n) is 3.92. The van der Waals surface area contributed by atoms with E-state index in [0.29, 0.717) is 5.69 Å². The molecule has 0 heterocycles. The topological polar surface area (TPSA) is 3.24 Å². The predicted octanol–water partition coefficient (Wildman–Crippen LogP) is 5.25. The molecule has 18 heavy (non-hydrogen) atoms. The van der Waals surface area contributed by atoms with Gasteiger partial charge >= 0.3 is 0 Å². The second-order valence-corrected chi connectivity index (χ2v) is 5.39. The highest BCUT2D eigenvalue weighted by atomic mass is 79.9. The summed E-state index contributed by atoms with van der Waals surface area (Å²) in [6.45, 7) is 0. The number of nitrogens with zero attached hydrogens (tertiary/aromatic N) is 1. The molecule has 0 N–H and O–H groups in total. The van der Waals surface area contributed by atoms with Gasteiger partial charge in [0, 0.05) is 22.5 Å². The van der Waals surface area contributed by atoms with E-state index in [2.05, 4.69) is 31.9 Å². The Labute approximate surface area is 123 Å². The van der Waals surface area contributed by atoms with Crippen molar-refractivity contribution in [2.75, 3.05) is 11.9 Å². The second kappa shape index (κ2) is 5.85. The fourth-order valence-electron chi connectivity index (χ4n) is 1.84. The van der Waals surface area contributed by atoms with Crippen molar-refractivity contribution in [3.8, 4) is 0 Å². The zero-order valence-corrected chi connectivity index (χ0v) is 13.0. The fourth-order valence-corrected chi connectivity index (χ4v) is 2.70. The third-order valence-electron chi connectivity index (χ3n) is 2.76. The monoisotopic (exact) mass is 371 g/mol. The van der Waals surface area contributed by atoms with Crippen LogP contribution in [0.1, 0.15) is 5.56 Å². The molecule has 94 valence electrons. The number of halogens is 3. The van der Waals surface area contributed by atoms with E-state index in [4.69, 9.17) is 0 Å². The first-order valence-electron chi connectivity index (χ1n) is 5.46. The van der Waals surface area contributed by atoms with Crippen LogP contribution in [0.15, 0.2) is 46.9 Å². The average Bonchev–Trinajstić information content (AvgIpc) is 2.38. The Hall–Kier alpha value is -0.870. The van der Waals surface area contributed by atoms with Crippen molar-refractivity contribution in [1.82, 2.24) is 0 Å². The summed E-state index contributed by atoms with van der Waals surface area (Å²) in [5.41, 5.74) is 2.66. The van der Waals surface area contributed by atoms with Gasteiger partial charge in [-0.15, -0.1) is 0 Å². The van der Waals surface area contributed by atoms with Crippen molar-refractivity contribution in [2.24, 2.45) is 0 Å². The molecule has 0 unspecified atom stereocenters. The molecule has 0 aliphatic rings. The SMILES string of the molecule is CN(c1ccccc1F)c1ccc(Br)cc1CBr. The standard InChI is InChI=1S/C14H12Br2FN/c1-18(14-5-3-2-4-12(14)17)13-7-6-11(16)8-10(13)9-15/h2-8H,9H2,1H3. The van der Waals surface area contributed by atoms with Crippen LogP contribution in [-0.4, -0.2) is 7.05 Å². The van der Waals surface area contributed by atoms with E-state index in [1.54, 1.807) is 12.1 Å². The summed E-state index contributed by atoms with van der Waals surface area (Å²) in [6, 6.07) is 12.7. The summed E-state index contributed by atoms with van der Waals surface area (Å²) in [6.07, 6.45) is 0. The van der Waals surface area contributed by atoms with Crippen molar-refractivity contribution < 1.29 is 4.39 Å². The fraction of sp³-hybridized carbons (Fsp3) is 0.143. The molecule has 2 rings (SSSR count). The minimum atomic E-state index is -0.219. The first-order chi connectivity index (χ1) is 8.63. The van der Waals surface area contributed by atoms with Gasteiger partial charge in [-0.25, -0.2) is 4.39 Å². The lowest BCUT2D eigenvalue weighted by Gasteiger charge is -2.22. The third kappa shape index (κ3) is 2.75. The van der Waals surface area contributed by atoms with Crippen LogP contribution in [0, 0.1) is 5.82 Å². The van der Waals surface area contributed by atoms with Crippen molar-refractivity contribution in [3.63, 3.8) is 0 Å². The molecule has 0 aliphatic heterocycles. The Morgan fingerprint density at radius 2 is 1.83 bits per heavy atom. The molecule has 0 saturated heterocycles. The smallest absolute Gasteiger partial charge is 0.146 e. The maximum atomic E-state index is 13.8. The summed E-state index contributed by atoms with van der Waals surface area (Å²) >= 11 is 6.90. The van der Waals surface area contributed by atoms with Crippen molar-refractivity contribution in [1.29, 1.82) is 0 Å². The Kier molecular flexibility index (Phi) is 4.40. The largest absolute Gasteiger partial charge is 0.342 e. The van der Waals surface area contributed by atoms with Crippen molar-refractivity contribution in [3.05, 3.63) is 58.3 Å². The average molecular weight is 373 g/mol. The highest BCUT2D eigenvalue weighted by Gasteiger charge is 2.12. The van der Waals surface area contributed by atoms with Crippen LogP contribution in [0.3, 0.4) is 0 Å². The highest BCUT2D eigenvalue weighted by Crippen LogP contribution is 2.31. The molecule has 0 bridgehead atoms. The molecule has 0 amide bonds. The molecule has 0 aliphatic carbocycles. The van der Waals surface area contributed by atoms with Gasteiger partial charge in [-0.3, -0.25) is 0 Å². The van der Waals surface area contributed by atoms with Crippen LogP contribution in [0.5, 0.6) is 0 Å². The van der Waals surface area contributed by atoms with Crippen LogP contribution in [0.2, 0.25) is 0 Å². The van der Waals surface area contributed by atoms with E-state index < -0.39 is 0 Å². The van der Waals surface area contributed by atoms with E-state index in [1.807, 2.05) is 36.2 Å². The minimum absolute atomic E-state index is 0.219. The zero-order chi connectivity index (χ0) is 13.1. The summed E-state index contributed by atoms with van der Waals surface area (Å²) in [5.74, 6) is -0.219. The van der Waals surface area contributed by atoms with Gasteiger partial charge in [0.25, 0.3) is 0 Å². The quantitative estimate of drug-likeness (QED) is 0.665. The van der Waals surface area contributed by atoms with Crippen LogP contribution < -0.4 is 4.90 Å². The van der Waals surface area contributed by atoms with E-state index in [0.717, 1.165) is 21.1 Å². The molecule has 0 saturated carbocycles. The summed E-state index contributed by atoms with van der Waals surface area (Å²) < 4.78 is 14.8. The summed E-state index contributed by atoms with van der Waals surface area (Å²) in [4.78, 5) is 1.86. The lowest BCUT2D eigenvalue weighted by molar-refractivity contribution is 0.627. The Morgan fingerprint density at radius 1 is 1.11 bits per heavy atom. The molecule has 0 aromatic heterocycles. The molecule has 0 fully saturated rings. The van der Waals surface area contributed by atoms with Gasteiger partial charge in [-0.05, 0) is 35.9 Å². The van der Waals surface area contributed by atoms with E-state index in [-0.39, 0.29) is 5.82 Å². The number of hydrogen-bond acceptors (Lipinski definition) is 1. The highest BCUT2D eigenvalue weighted by molar-refractivity contribution is 9.10. The van der Waals surface area contributed by atoms with Gasteiger partial charge in [0.1, 0.15) is 5.82 Å². The van der Waals surface area contributed by atoms with Crippen LogP contribution >= 0.6 is 31.9 Å². The summed E-state index contributed by atoms with van der Waals surface area (Å²) in [7, 11) is 1.87. The number of alkyl halides is 1. The minimum Gasteiger partial charge on any atom is -0.342 e. The number of anilines is 2. The number of rotatable bonds is 3.